The van der Waals surface area contributed by atoms with E-state index >= 15 is 0 Å². The van der Waals surface area contributed by atoms with Gasteiger partial charge in [-0.1, -0.05) is 17.7 Å². The molecule has 1 aromatic rings. The molecule has 19 heavy (non-hydrogen) atoms. The van der Waals surface area contributed by atoms with E-state index in [-0.39, 0.29) is 6.10 Å². The number of aliphatic hydroxyl groups is 1. The van der Waals surface area contributed by atoms with Gasteiger partial charge in [-0.05, 0) is 43.4 Å². The molecule has 1 aromatic carbocycles. The summed E-state index contributed by atoms with van der Waals surface area (Å²) in [5.41, 5.74) is 2.54. The van der Waals surface area contributed by atoms with E-state index in [1.807, 2.05) is 6.07 Å². The Morgan fingerprint density at radius 2 is 1.95 bits per heavy atom. The number of nitrogens with zero attached hydrogens (tertiary/aromatic N) is 1. The second kappa shape index (κ2) is 5.70. The van der Waals surface area contributed by atoms with Crippen molar-refractivity contribution in [3.05, 3.63) is 28.8 Å². The van der Waals surface area contributed by atoms with Crippen molar-refractivity contribution in [1.82, 2.24) is 5.32 Å². The fourth-order valence-electron chi connectivity index (χ4n) is 2.63. The van der Waals surface area contributed by atoms with E-state index in [0.29, 0.717) is 6.04 Å². The van der Waals surface area contributed by atoms with E-state index < -0.39 is 0 Å². The highest BCUT2D eigenvalue weighted by Crippen LogP contribution is 2.28. The molecule has 0 radical (unpaired) electrons. The third kappa shape index (κ3) is 3.41. The minimum Gasteiger partial charge on any atom is -0.393 e. The number of anilines is 1. The van der Waals surface area contributed by atoms with Gasteiger partial charge in [-0.3, -0.25) is 0 Å². The zero-order valence-corrected chi connectivity index (χ0v) is 11.9. The molecule has 1 heterocycles. The first-order valence-corrected chi connectivity index (χ1v) is 7.55. The third-order valence-corrected chi connectivity index (χ3v) is 4.25. The Bertz CT molecular complexity index is 440. The van der Waals surface area contributed by atoms with Crippen molar-refractivity contribution in [3.63, 3.8) is 0 Å². The molecular formula is C15H21ClN2O. The summed E-state index contributed by atoms with van der Waals surface area (Å²) in [6, 6.07) is 6.86. The van der Waals surface area contributed by atoms with Gasteiger partial charge in [0.15, 0.2) is 0 Å². The summed E-state index contributed by atoms with van der Waals surface area (Å²) in [5.74, 6) is 0. The lowest BCUT2D eigenvalue weighted by Gasteiger charge is -2.33. The molecule has 3 rings (SSSR count). The molecule has 2 fully saturated rings. The van der Waals surface area contributed by atoms with Crippen LogP contribution in [0.4, 0.5) is 5.69 Å². The maximum atomic E-state index is 9.62. The Balaban J connectivity index is 1.74. The molecule has 1 aliphatic carbocycles. The maximum Gasteiger partial charge on any atom is 0.0574 e. The van der Waals surface area contributed by atoms with Crippen molar-refractivity contribution in [2.75, 3.05) is 18.0 Å². The Labute approximate surface area is 119 Å². The molecule has 1 saturated heterocycles. The molecule has 2 N–H and O–H groups in total. The third-order valence-electron chi connectivity index (χ3n) is 4.01. The molecule has 0 unspecified atom stereocenters. The van der Waals surface area contributed by atoms with Gasteiger partial charge >= 0.3 is 0 Å². The van der Waals surface area contributed by atoms with Crippen LogP contribution in [0.25, 0.3) is 0 Å². The maximum absolute atomic E-state index is 9.62. The van der Waals surface area contributed by atoms with Crippen molar-refractivity contribution in [2.45, 2.75) is 44.4 Å². The number of hydrogen-bond acceptors (Lipinski definition) is 3. The molecule has 0 spiro atoms. The van der Waals surface area contributed by atoms with Gasteiger partial charge in [0, 0.05) is 36.4 Å². The first kappa shape index (κ1) is 13.2. The van der Waals surface area contributed by atoms with Crippen molar-refractivity contribution in [1.29, 1.82) is 0 Å². The second-order valence-electron chi connectivity index (χ2n) is 5.65. The summed E-state index contributed by atoms with van der Waals surface area (Å²) in [6.45, 7) is 2.74. The minimum atomic E-state index is -0.136. The molecule has 4 heteroatoms. The van der Waals surface area contributed by atoms with Crippen LogP contribution in [-0.2, 0) is 6.54 Å². The van der Waals surface area contributed by atoms with Gasteiger partial charge in [-0.25, -0.2) is 0 Å². The highest BCUT2D eigenvalue weighted by atomic mass is 35.5. The Kier molecular flexibility index (Phi) is 3.96. The second-order valence-corrected chi connectivity index (χ2v) is 6.08. The van der Waals surface area contributed by atoms with Gasteiger partial charge in [0.05, 0.1) is 6.10 Å². The van der Waals surface area contributed by atoms with Gasteiger partial charge in [0.1, 0.15) is 0 Å². The van der Waals surface area contributed by atoms with Crippen molar-refractivity contribution in [2.24, 2.45) is 0 Å². The lowest BCUT2D eigenvalue weighted by Crippen LogP contribution is -2.36. The van der Waals surface area contributed by atoms with Gasteiger partial charge in [-0.15, -0.1) is 0 Å². The fourth-order valence-corrected chi connectivity index (χ4v) is 2.80. The molecule has 1 aliphatic heterocycles. The number of hydrogen-bond donors (Lipinski definition) is 2. The Morgan fingerprint density at radius 3 is 2.63 bits per heavy atom. The molecule has 0 amide bonds. The predicted octanol–water partition coefficient (Wildman–Crippen LogP) is 2.55. The van der Waals surface area contributed by atoms with Crippen LogP contribution in [0, 0.1) is 0 Å². The van der Waals surface area contributed by atoms with Crippen LogP contribution in [-0.4, -0.2) is 30.3 Å². The van der Waals surface area contributed by atoms with Crippen LogP contribution in [0.2, 0.25) is 5.02 Å². The summed E-state index contributed by atoms with van der Waals surface area (Å²) in [6.07, 6.45) is 4.17. The van der Waals surface area contributed by atoms with E-state index in [2.05, 4.69) is 22.3 Å². The molecule has 3 nitrogen and oxygen atoms in total. The standard InChI is InChI=1S/C15H21ClN2O/c16-12-2-1-11(10-17-13-3-4-13)15(9-12)18-7-5-14(19)6-8-18/h1-2,9,13-14,17,19H,3-8,10H2. The zero-order chi connectivity index (χ0) is 13.2. The molecule has 104 valence electrons. The number of aliphatic hydroxyl groups excluding tert-OH is 1. The number of piperidine rings is 1. The van der Waals surface area contributed by atoms with Crippen LogP contribution in [0.3, 0.4) is 0 Å². The number of nitrogens with one attached hydrogen (secondary N) is 1. The summed E-state index contributed by atoms with van der Waals surface area (Å²) >= 11 is 6.14. The normalized spacial score (nSPS) is 20.8. The summed E-state index contributed by atoms with van der Waals surface area (Å²) in [7, 11) is 0. The topological polar surface area (TPSA) is 35.5 Å². The smallest absolute Gasteiger partial charge is 0.0574 e. The lowest BCUT2D eigenvalue weighted by molar-refractivity contribution is 0.145. The van der Waals surface area contributed by atoms with E-state index in [1.54, 1.807) is 0 Å². The van der Waals surface area contributed by atoms with Crippen LogP contribution >= 0.6 is 11.6 Å². The van der Waals surface area contributed by atoms with Crippen molar-refractivity contribution < 1.29 is 5.11 Å². The number of benzene rings is 1. The summed E-state index contributed by atoms with van der Waals surface area (Å²) in [5, 5.41) is 14.0. The van der Waals surface area contributed by atoms with E-state index in [9.17, 15) is 5.11 Å². The Hall–Kier alpha value is -0.770. The van der Waals surface area contributed by atoms with Crippen LogP contribution < -0.4 is 10.2 Å². The van der Waals surface area contributed by atoms with Gasteiger partial charge in [0.25, 0.3) is 0 Å². The highest BCUT2D eigenvalue weighted by Gasteiger charge is 2.22. The molecule has 0 atom stereocenters. The van der Waals surface area contributed by atoms with E-state index in [1.165, 1.54) is 24.1 Å². The predicted molar refractivity (Wildman–Crippen MR) is 78.8 cm³/mol. The van der Waals surface area contributed by atoms with E-state index in [4.69, 9.17) is 11.6 Å². The highest BCUT2D eigenvalue weighted by molar-refractivity contribution is 6.30. The zero-order valence-electron chi connectivity index (χ0n) is 11.1. The molecule has 2 aliphatic rings. The average Bonchev–Trinajstić information content (AvgIpc) is 3.22. The Morgan fingerprint density at radius 1 is 1.21 bits per heavy atom. The monoisotopic (exact) mass is 280 g/mol. The van der Waals surface area contributed by atoms with Crippen molar-refractivity contribution in [3.8, 4) is 0 Å². The summed E-state index contributed by atoms with van der Waals surface area (Å²) < 4.78 is 0. The minimum absolute atomic E-state index is 0.136. The van der Waals surface area contributed by atoms with Crippen LogP contribution in [0.5, 0.6) is 0 Å². The lowest BCUT2D eigenvalue weighted by atomic mass is 10.0. The van der Waals surface area contributed by atoms with Gasteiger partial charge in [0.2, 0.25) is 0 Å². The number of halogens is 1. The number of rotatable bonds is 4. The fraction of sp³-hybridized carbons (Fsp3) is 0.600. The molecule has 1 saturated carbocycles. The first-order valence-electron chi connectivity index (χ1n) is 7.17. The molecule has 0 bridgehead atoms. The first-order chi connectivity index (χ1) is 9.22. The molecule has 0 aromatic heterocycles. The quantitative estimate of drug-likeness (QED) is 0.890. The van der Waals surface area contributed by atoms with Gasteiger partial charge < -0.3 is 15.3 Å². The SMILES string of the molecule is OC1CCN(c2cc(Cl)ccc2CNC2CC2)CC1. The molecular weight excluding hydrogens is 260 g/mol. The summed E-state index contributed by atoms with van der Waals surface area (Å²) in [4.78, 5) is 2.35. The van der Waals surface area contributed by atoms with Gasteiger partial charge in [-0.2, -0.15) is 0 Å². The van der Waals surface area contributed by atoms with Crippen LogP contribution in [0.1, 0.15) is 31.2 Å². The largest absolute Gasteiger partial charge is 0.393 e. The van der Waals surface area contributed by atoms with Crippen LogP contribution in [0.15, 0.2) is 18.2 Å². The van der Waals surface area contributed by atoms with E-state index in [0.717, 1.165) is 37.5 Å². The average molecular weight is 281 g/mol. The van der Waals surface area contributed by atoms with Crippen molar-refractivity contribution >= 4 is 17.3 Å².